The van der Waals surface area contributed by atoms with Gasteiger partial charge in [-0.15, -0.1) is 0 Å². The molecule has 0 heterocycles. The Morgan fingerprint density at radius 2 is 1.31 bits per heavy atom. The zero-order valence-electron chi connectivity index (χ0n) is 19.3. The quantitative estimate of drug-likeness (QED) is 0.261. The summed E-state index contributed by atoms with van der Waals surface area (Å²) in [5.74, 6) is 4.03. The second-order valence-corrected chi connectivity index (χ2v) is 21.0. The van der Waals surface area contributed by atoms with Crippen molar-refractivity contribution in [2.24, 2.45) is 23.7 Å². The van der Waals surface area contributed by atoms with Crippen LogP contribution in [-0.2, 0) is 15.2 Å². The molecule has 0 saturated heterocycles. The first-order valence-electron chi connectivity index (χ1n) is 12.5. The minimum atomic E-state index is -1.30. The Hall–Kier alpha value is -0.378. The van der Waals surface area contributed by atoms with Crippen LogP contribution in [0.15, 0.2) is 48.5 Å². The van der Waals surface area contributed by atoms with Gasteiger partial charge in [0, 0.05) is 0 Å². The fourth-order valence-electron chi connectivity index (χ4n) is 7.37. The Morgan fingerprint density at radius 3 is 1.84 bits per heavy atom. The summed E-state index contributed by atoms with van der Waals surface area (Å²) in [6, 6.07) is 18.1. The Kier molecular flexibility index (Phi) is 6.22. The van der Waals surface area contributed by atoms with Gasteiger partial charge in [0.15, 0.2) is 0 Å². The molecule has 3 unspecified atom stereocenters. The van der Waals surface area contributed by atoms with Crippen molar-refractivity contribution in [2.75, 3.05) is 19.0 Å². The number of anilines is 1. The number of para-hydroxylation sites is 1. The molecular formula is C28H36ClNPPd. The summed E-state index contributed by atoms with van der Waals surface area (Å²) in [7, 11) is 12.1. The molecule has 4 saturated carbocycles. The van der Waals surface area contributed by atoms with Crippen molar-refractivity contribution in [3.05, 3.63) is 48.5 Å². The molecule has 4 fully saturated rings. The molecule has 175 valence electrons. The second-order valence-electron chi connectivity index (χ2n) is 10.8. The van der Waals surface area contributed by atoms with Gasteiger partial charge in [-0.05, 0) is 0 Å². The standard InChI is InChI=1S/C14H14N.C14H22P.ClH.Pd/c1-15(2)14-11-7-6-10-13(14)12-8-4-3-5-9-12;1-3-11-5-9(1)7-13(11)15-14-8-10-2-4-12(14)6-10;;/h3-8,10-11H,1-2H3;9-14H,1-8H2;1H;/q;-1;;+2/p-1/t;9-,10+,11-,12+,13?,14?;;. The van der Waals surface area contributed by atoms with Crippen LogP contribution in [0.3, 0.4) is 0 Å². The second kappa shape index (κ2) is 9.01. The van der Waals surface area contributed by atoms with Gasteiger partial charge in [-0.25, -0.2) is 0 Å². The summed E-state index contributed by atoms with van der Waals surface area (Å²) in [6.45, 7) is 0. The van der Waals surface area contributed by atoms with Gasteiger partial charge in [0.1, 0.15) is 0 Å². The predicted molar refractivity (Wildman–Crippen MR) is 137 cm³/mol. The summed E-state index contributed by atoms with van der Waals surface area (Å²) in [5.41, 5.74) is 5.99. The number of benzene rings is 2. The van der Waals surface area contributed by atoms with Gasteiger partial charge < -0.3 is 0 Å². The number of nitrogens with zero attached hydrogens (tertiary/aromatic N) is 1. The van der Waals surface area contributed by atoms with Gasteiger partial charge >= 0.3 is 206 Å². The van der Waals surface area contributed by atoms with E-state index in [0.29, 0.717) is 0 Å². The molecule has 4 heteroatoms. The van der Waals surface area contributed by atoms with Crippen molar-refractivity contribution >= 4 is 25.4 Å². The summed E-state index contributed by atoms with van der Waals surface area (Å²) >= 11 is -1.30. The van der Waals surface area contributed by atoms with Gasteiger partial charge in [0.05, 0.1) is 0 Å². The van der Waals surface area contributed by atoms with E-state index in [1.807, 2.05) is 0 Å². The van der Waals surface area contributed by atoms with Crippen LogP contribution >= 0.6 is 15.6 Å². The first-order chi connectivity index (χ1) is 15.6. The van der Waals surface area contributed by atoms with E-state index in [1.165, 1.54) is 72.2 Å². The average molecular weight is 559 g/mol. The molecule has 4 bridgehead atoms. The third-order valence-electron chi connectivity index (χ3n) is 8.80. The van der Waals surface area contributed by atoms with Crippen LogP contribution < -0.4 is 8.94 Å². The molecule has 0 aliphatic heterocycles. The van der Waals surface area contributed by atoms with Gasteiger partial charge in [0.2, 0.25) is 0 Å². The fraction of sp³-hybridized carbons (Fsp3) is 0.571. The molecule has 0 amide bonds. The SMILES string of the molecule is CN(C)c1ccccc1-c1cccc[c]1[Pd]([Cl])[P](C1C[C@@H]2CC[C@@H]1C2)C1C[C@H]2CC[C@H]1C2. The first kappa shape index (κ1) is 22.1. The Morgan fingerprint density at radius 1 is 0.750 bits per heavy atom. The molecule has 0 aromatic heterocycles. The molecule has 4 aliphatic carbocycles. The van der Waals surface area contributed by atoms with Crippen molar-refractivity contribution in [3.63, 3.8) is 0 Å². The predicted octanol–water partition coefficient (Wildman–Crippen LogP) is 7.59. The van der Waals surface area contributed by atoms with E-state index < -0.39 is 15.2 Å². The summed E-state index contributed by atoms with van der Waals surface area (Å²) in [6.07, 6.45) is 11.9. The van der Waals surface area contributed by atoms with Crippen LogP contribution in [0, 0.1) is 23.7 Å². The average Bonchev–Trinajstić information content (AvgIpc) is 3.62. The van der Waals surface area contributed by atoms with Crippen LogP contribution in [-0.4, -0.2) is 25.4 Å². The fourth-order valence-corrected chi connectivity index (χ4v) is 22.8. The summed E-state index contributed by atoms with van der Waals surface area (Å²) in [5, 5.41) is 0. The van der Waals surface area contributed by atoms with Crippen molar-refractivity contribution in [2.45, 2.75) is 62.7 Å². The molecule has 4 aliphatic rings. The van der Waals surface area contributed by atoms with Crippen LogP contribution in [0.1, 0.15) is 51.4 Å². The molecule has 0 N–H and O–H groups in total. The Labute approximate surface area is 204 Å². The van der Waals surface area contributed by atoms with E-state index in [1.54, 1.807) is 0 Å². The Balaban J connectivity index is 1.41. The number of hydrogen-bond acceptors (Lipinski definition) is 1. The van der Waals surface area contributed by atoms with Gasteiger partial charge in [-0.2, -0.15) is 0 Å². The number of halogens is 1. The van der Waals surface area contributed by atoms with Crippen LogP contribution in [0.2, 0.25) is 0 Å². The van der Waals surface area contributed by atoms with E-state index in [2.05, 4.69) is 67.5 Å². The maximum absolute atomic E-state index is 7.83. The van der Waals surface area contributed by atoms with Crippen molar-refractivity contribution in [1.29, 1.82) is 0 Å². The van der Waals surface area contributed by atoms with E-state index in [-0.39, 0.29) is 6.11 Å². The third-order valence-corrected chi connectivity index (χ3v) is 22.0. The van der Waals surface area contributed by atoms with Crippen LogP contribution in [0.25, 0.3) is 11.1 Å². The number of rotatable bonds is 6. The van der Waals surface area contributed by atoms with Crippen molar-refractivity contribution in [1.82, 2.24) is 0 Å². The topological polar surface area (TPSA) is 3.24 Å². The molecule has 7 atom stereocenters. The summed E-state index contributed by atoms with van der Waals surface area (Å²) in [4.78, 5) is 2.25. The van der Waals surface area contributed by atoms with Gasteiger partial charge in [-0.1, -0.05) is 0 Å². The van der Waals surface area contributed by atoms with Gasteiger partial charge in [0.25, 0.3) is 0 Å². The van der Waals surface area contributed by atoms with E-state index in [9.17, 15) is 0 Å². The molecule has 0 spiro atoms. The minimum absolute atomic E-state index is 0.0929. The normalized spacial score (nSPS) is 34.2. The van der Waals surface area contributed by atoms with E-state index in [4.69, 9.17) is 9.53 Å². The van der Waals surface area contributed by atoms with Crippen molar-refractivity contribution < 1.29 is 15.2 Å². The molecule has 32 heavy (non-hydrogen) atoms. The van der Waals surface area contributed by atoms with E-state index in [0.717, 1.165) is 35.0 Å². The van der Waals surface area contributed by atoms with Crippen LogP contribution in [0.4, 0.5) is 5.69 Å². The van der Waals surface area contributed by atoms with E-state index >= 15 is 0 Å². The molecule has 1 nitrogen and oxygen atoms in total. The molecule has 2 aromatic rings. The maximum atomic E-state index is 7.83. The van der Waals surface area contributed by atoms with Crippen molar-refractivity contribution in [3.8, 4) is 11.1 Å². The zero-order valence-corrected chi connectivity index (χ0v) is 22.5. The number of hydrogen-bond donors (Lipinski definition) is 0. The molecule has 0 radical (unpaired) electrons. The molecule has 6 rings (SSSR count). The monoisotopic (exact) mass is 558 g/mol. The summed E-state index contributed by atoms with van der Waals surface area (Å²) < 4.78 is 1.52. The van der Waals surface area contributed by atoms with Crippen LogP contribution in [0.5, 0.6) is 0 Å². The Bertz CT molecular complexity index is 951. The zero-order chi connectivity index (χ0) is 21.8. The van der Waals surface area contributed by atoms with Gasteiger partial charge in [-0.3, -0.25) is 0 Å². The first-order valence-corrected chi connectivity index (χ1v) is 18.7. The molecule has 2 aromatic carbocycles. The third kappa shape index (κ3) is 3.83. The number of fused-ring (bicyclic) bond motifs is 4. The molecular weight excluding hydrogens is 523 g/mol.